The highest BCUT2D eigenvalue weighted by molar-refractivity contribution is 6.77. The molecule has 0 aromatic rings. The molecule has 3 aliphatic carbocycles. The number of hydrogen-bond acceptors (Lipinski definition) is 4. The Labute approximate surface area is 222 Å². The molecule has 36 heavy (non-hydrogen) atoms. The summed E-state index contributed by atoms with van der Waals surface area (Å²) < 4.78 is 19.3. The first-order chi connectivity index (χ1) is 16.7. The van der Waals surface area contributed by atoms with Crippen LogP contribution in [0.4, 0.5) is 0 Å². The van der Waals surface area contributed by atoms with E-state index in [-0.39, 0.29) is 30.1 Å². The Kier molecular flexibility index (Phi) is 8.51. The van der Waals surface area contributed by atoms with Crippen LogP contribution in [0.5, 0.6) is 0 Å². The number of carbonyl (C=O) groups is 1. The van der Waals surface area contributed by atoms with Gasteiger partial charge in [0.1, 0.15) is 12.6 Å². The van der Waals surface area contributed by atoms with Crippen LogP contribution in [0.25, 0.3) is 0 Å². The summed E-state index contributed by atoms with van der Waals surface area (Å²) in [6, 6.07) is 0. The predicted octanol–water partition coefficient (Wildman–Crippen LogP) is 8.44. The molecule has 2 fully saturated rings. The van der Waals surface area contributed by atoms with E-state index in [0.717, 1.165) is 25.7 Å². The summed E-state index contributed by atoms with van der Waals surface area (Å²) in [5, 5.41) is 0. The summed E-state index contributed by atoms with van der Waals surface area (Å²) >= 11 is 0. The van der Waals surface area contributed by atoms with Crippen molar-refractivity contribution in [2.75, 3.05) is 13.9 Å². The van der Waals surface area contributed by atoms with Gasteiger partial charge in [0.15, 0.2) is 0 Å². The highest BCUT2D eigenvalue weighted by atomic mass is 28.4. The summed E-state index contributed by atoms with van der Waals surface area (Å²) in [6.45, 7) is 27.6. The quantitative estimate of drug-likeness (QED) is 0.174. The van der Waals surface area contributed by atoms with Crippen molar-refractivity contribution in [1.29, 1.82) is 0 Å². The SMILES string of the molecule is C=C[C@@]1(C)CC(=O)C2(C)C3=C(O[Si](C(C)C)(C(C)C)C(C)C)CCC3(CCC2C)[C@@H](C)C1OCOC. The summed E-state index contributed by atoms with van der Waals surface area (Å²) in [5.41, 5.74) is 1.77. The van der Waals surface area contributed by atoms with E-state index >= 15 is 0 Å². The molecule has 0 aromatic heterocycles. The lowest BCUT2D eigenvalue weighted by Gasteiger charge is -2.58. The molecule has 0 amide bonds. The van der Waals surface area contributed by atoms with Crippen molar-refractivity contribution in [1.82, 2.24) is 0 Å². The van der Waals surface area contributed by atoms with Gasteiger partial charge in [0.05, 0.1) is 17.3 Å². The molecule has 2 bridgehead atoms. The second-order valence-corrected chi connectivity index (χ2v) is 19.0. The fourth-order valence-corrected chi connectivity index (χ4v) is 14.2. The van der Waals surface area contributed by atoms with Crippen molar-refractivity contribution in [2.45, 2.75) is 124 Å². The maximum atomic E-state index is 14.4. The van der Waals surface area contributed by atoms with E-state index in [2.05, 4.69) is 75.8 Å². The summed E-state index contributed by atoms with van der Waals surface area (Å²) in [7, 11) is -0.489. The Hall–Kier alpha value is -0.913. The van der Waals surface area contributed by atoms with Gasteiger partial charge in [-0.25, -0.2) is 0 Å². The molecule has 6 atom stereocenters. The third kappa shape index (κ3) is 4.20. The van der Waals surface area contributed by atoms with Gasteiger partial charge in [0.25, 0.3) is 8.32 Å². The molecule has 0 heterocycles. The second-order valence-electron chi connectivity index (χ2n) is 13.6. The molecule has 3 aliphatic rings. The Bertz CT molecular complexity index is 854. The summed E-state index contributed by atoms with van der Waals surface area (Å²) in [5.74, 6) is 2.00. The molecule has 206 valence electrons. The van der Waals surface area contributed by atoms with Gasteiger partial charge in [-0.1, -0.05) is 68.4 Å². The number of ether oxygens (including phenoxy) is 2. The summed E-state index contributed by atoms with van der Waals surface area (Å²) in [4.78, 5) is 14.4. The lowest BCUT2D eigenvalue weighted by molar-refractivity contribution is -0.165. The molecule has 0 aromatic carbocycles. The lowest BCUT2D eigenvalue weighted by atomic mass is 9.46. The first-order valence-electron chi connectivity index (χ1n) is 14.4. The maximum Gasteiger partial charge on any atom is 0.258 e. The average molecular weight is 519 g/mol. The number of allylic oxidation sites excluding steroid dienone is 2. The number of hydrogen-bond donors (Lipinski definition) is 0. The highest BCUT2D eigenvalue weighted by Crippen LogP contribution is 2.68. The van der Waals surface area contributed by atoms with Crippen LogP contribution in [-0.2, 0) is 18.7 Å². The van der Waals surface area contributed by atoms with Crippen LogP contribution in [0.15, 0.2) is 24.0 Å². The first-order valence-corrected chi connectivity index (χ1v) is 16.5. The van der Waals surface area contributed by atoms with Gasteiger partial charge < -0.3 is 13.9 Å². The van der Waals surface area contributed by atoms with Crippen LogP contribution in [0.1, 0.15) is 101 Å². The smallest absolute Gasteiger partial charge is 0.258 e. The van der Waals surface area contributed by atoms with Gasteiger partial charge >= 0.3 is 0 Å². The normalized spacial score (nSPS) is 37.4. The molecule has 4 unspecified atom stereocenters. The van der Waals surface area contributed by atoms with E-state index in [1.54, 1.807) is 7.11 Å². The molecule has 0 aliphatic heterocycles. The third-order valence-corrected chi connectivity index (χ3v) is 17.1. The molecule has 4 nitrogen and oxygen atoms in total. The standard InChI is InChI=1S/C31H54O4Si/c1-13-29(10)18-26(32)30(11)23(8)14-16-31(24(9)28(29)34-19-33-12)17-15-25(27(30)31)35-36(20(2)3,21(4)5)22(6)7/h13,20-24,28H,1,14-19H2,2-12H3/t23?,24-,28?,29-,30?,31?/m0/s1. The van der Waals surface area contributed by atoms with Crippen molar-refractivity contribution in [3.63, 3.8) is 0 Å². The molecular formula is C31H54O4Si. The van der Waals surface area contributed by atoms with Crippen LogP contribution in [0.3, 0.4) is 0 Å². The van der Waals surface area contributed by atoms with Gasteiger partial charge in [0.2, 0.25) is 0 Å². The van der Waals surface area contributed by atoms with Gasteiger partial charge in [0, 0.05) is 30.8 Å². The lowest BCUT2D eigenvalue weighted by Crippen LogP contribution is -2.57. The number of rotatable bonds is 9. The molecule has 0 N–H and O–H groups in total. The molecule has 2 saturated carbocycles. The van der Waals surface area contributed by atoms with E-state index in [1.807, 2.05) is 6.08 Å². The van der Waals surface area contributed by atoms with Crippen molar-refractivity contribution >= 4 is 14.1 Å². The Balaban J connectivity index is 2.30. The zero-order valence-electron chi connectivity index (χ0n) is 25.1. The molecule has 3 rings (SSSR count). The van der Waals surface area contributed by atoms with Crippen molar-refractivity contribution in [3.8, 4) is 0 Å². The largest absolute Gasteiger partial charge is 0.546 e. The van der Waals surface area contributed by atoms with Crippen LogP contribution < -0.4 is 0 Å². The van der Waals surface area contributed by atoms with E-state index in [4.69, 9.17) is 13.9 Å². The number of ketones is 1. The topological polar surface area (TPSA) is 44.8 Å². The van der Waals surface area contributed by atoms with E-state index in [9.17, 15) is 4.79 Å². The number of Topliss-reactive ketones (excluding diaryl/α,β-unsaturated/α-hetero) is 1. The first kappa shape index (κ1) is 29.6. The third-order valence-electron chi connectivity index (χ3n) is 11.0. The Morgan fingerprint density at radius 2 is 1.64 bits per heavy atom. The van der Waals surface area contributed by atoms with Gasteiger partial charge in [-0.3, -0.25) is 4.79 Å². The fourth-order valence-electron chi connectivity index (χ4n) is 8.85. The van der Waals surface area contributed by atoms with Gasteiger partial charge in [-0.2, -0.15) is 0 Å². The Morgan fingerprint density at radius 3 is 2.14 bits per heavy atom. The number of methoxy groups -OCH3 is 1. The molecule has 5 heteroatoms. The molecule has 0 spiro atoms. The Morgan fingerprint density at radius 1 is 1.06 bits per heavy atom. The van der Waals surface area contributed by atoms with Crippen LogP contribution in [0.2, 0.25) is 16.6 Å². The minimum atomic E-state index is -2.16. The molecular weight excluding hydrogens is 464 g/mol. The highest BCUT2D eigenvalue weighted by Gasteiger charge is 2.64. The molecule has 0 saturated heterocycles. The van der Waals surface area contributed by atoms with E-state index in [0.29, 0.717) is 28.8 Å². The molecule has 0 radical (unpaired) electrons. The predicted molar refractivity (Wildman–Crippen MR) is 151 cm³/mol. The minimum Gasteiger partial charge on any atom is -0.546 e. The monoisotopic (exact) mass is 518 g/mol. The van der Waals surface area contributed by atoms with Crippen LogP contribution in [-0.4, -0.2) is 34.1 Å². The average Bonchev–Trinajstić information content (AvgIpc) is 3.18. The van der Waals surface area contributed by atoms with Crippen molar-refractivity contribution in [3.05, 3.63) is 24.0 Å². The fraction of sp³-hybridized carbons (Fsp3) is 0.839. The maximum absolute atomic E-state index is 14.4. The van der Waals surface area contributed by atoms with Gasteiger partial charge in [-0.05, 0) is 60.2 Å². The van der Waals surface area contributed by atoms with E-state index < -0.39 is 19.1 Å². The van der Waals surface area contributed by atoms with Crippen molar-refractivity contribution in [2.24, 2.45) is 28.1 Å². The number of carbonyl (C=O) groups excluding carboxylic acids is 1. The van der Waals surface area contributed by atoms with Crippen molar-refractivity contribution < 1.29 is 18.7 Å². The zero-order chi connectivity index (χ0) is 27.3. The summed E-state index contributed by atoms with van der Waals surface area (Å²) in [6.07, 6.45) is 6.37. The van der Waals surface area contributed by atoms with Crippen LogP contribution >= 0.6 is 0 Å². The van der Waals surface area contributed by atoms with E-state index in [1.165, 1.54) is 11.3 Å². The zero-order valence-corrected chi connectivity index (χ0v) is 26.1. The van der Waals surface area contributed by atoms with Gasteiger partial charge in [-0.15, -0.1) is 6.58 Å². The van der Waals surface area contributed by atoms with Crippen LogP contribution in [0, 0.1) is 28.1 Å². The second kappa shape index (κ2) is 10.3. The minimum absolute atomic E-state index is 0.0968.